The maximum atomic E-state index is 12.9. The molecule has 0 saturated heterocycles. The highest BCUT2D eigenvalue weighted by Gasteiger charge is 2.19. The number of esters is 3. The van der Waals surface area contributed by atoms with Gasteiger partial charge in [-0.3, -0.25) is 14.4 Å². The molecule has 1 atom stereocenters. The van der Waals surface area contributed by atoms with Gasteiger partial charge in [0.1, 0.15) is 13.2 Å². The molecular weight excluding hydrogens is 997 g/mol. The fourth-order valence-corrected chi connectivity index (χ4v) is 9.59. The Kier molecular flexibility index (Phi) is 65.2. The molecule has 0 aromatic heterocycles. The van der Waals surface area contributed by atoms with Crippen LogP contribution in [0.4, 0.5) is 0 Å². The molecule has 0 rings (SSSR count). The highest BCUT2D eigenvalue weighted by Crippen LogP contribution is 2.16. The quantitative estimate of drug-likeness (QED) is 0.0261. The summed E-state index contributed by atoms with van der Waals surface area (Å²) in [6.45, 7) is 6.49. The Morgan fingerprint density at radius 2 is 0.481 bits per heavy atom. The van der Waals surface area contributed by atoms with E-state index in [1.165, 1.54) is 161 Å². The smallest absolute Gasteiger partial charge is 0.306 e. The van der Waals surface area contributed by atoms with Crippen molar-refractivity contribution in [1.82, 2.24) is 0 Å². The van der Waals surface area contributed by atoms with Crippen LogP contribution in [0, 0.1) is 0 Å². The van der Waals surface area contributed by atoms with Gasteiger partial charge in [0, 0.05) is 19.3 Å². The number of ether oxygens (including phenoxy) is 3. The van der Waals surface area contributed by atoms with Crippen LogP contribution in [0.1, 0.15) is 329 Å². The number of carbonyl (C=O) groups excluding carboxylic acids is 3. The molecule has 0 bridgehead atoms. The van der Waals surface area contributed by atoms with E-state index in [1.807, 2.05) is 0 Å². The number of hydrogen-bond donors (Lipinski definition) is 0. The summed E-state index contributed by atoms with van der Waals surface area (Å²) >= 11 is 0. The zero-order valence-electron chi connectivity index (χ0n) is 53.3. The van der Waals surface area contributed by atoms with Gasteiger partial charge in [-0.2, -0.15) is 0 Å². The van der Waals surface area contributed by atoms with E-state index in [4.69, 9.17) is 14.2 Å². The maximum Gasteiger partial charge on any atom is 0.306 e. The number of allylic oxidation sites excluding steroid dienone is 18. The van der Waals surface area contributed by atoms with Crippen molar-refractivity contribution in [2.75, 3.05) is 13.2 Å². The van der Waals surface area contributed by atoms with E-state index in [0.29, 0.717) is 19.3 Å². The summed E-state index contributed by atoms with van der Waals surface area (Å²) in [6.07, 6.45) is 93.9. The fraction of sp³-hybridized carbons (Fsp3) is 0.720. The van der Waals surface area contributed by atoms with Gasteiger partial charge in [0.2, 0.25) is 0 Å². The van der Waals surface area contributed by atoms with Crippen LogP contribution in [-0.2, 0) is 28.6 Å². The zero-order chi connectivity index (χ0) is 58.5. The molecular formula is C75H128O6. The van der Waals surface area contributed by atoms with Gasteiger partial charge in [-0.25, -0.2) is 0 Å². The van der Waals surface area contributed by atoms with E-state index in [0.717, 1.165) is 128 Å². The average Bonchev–Trinajstić information content (AvgIpc) is 3.47. The van der Waals surface area contributed by atoms with Crippen molar-refractivity contribution in [3.8, 4) is 0 Å². The summed E-state index contributed by atoms with van der Waals surface area (Å²) in [5.41, 5.74) is 0. The minimum absolute atomic E-state index is 0.0912. The minimum atomic E-state index is -0.799. The Morgan fingerprint density at radius 3 is 0.778 bits per heavy atom. The van der Waals surface area contributed by atoms with Crippen LogP contribution in [0.2, 0.25) is 0 Å². The largest absolute Gasteiger partial charge is 0.462 e. The molecule has 6 nitrogen and oxygen atoms in total. The third-order valence-electron chi connectivity index (χ3n) is 14.7. The Balaban J connectivity index is 4.36. The monoisotopic (exact) mass is 1120 g/mol. The first-order valence-electron chi connectivity index (χ1n) is 34.4. The molecule has 0 N–H and O–H groups in total. The second kappa shape index (κ2) is 68.6. The third-order valence-corrected chi connectivity index (χ3v) is 14.7. The molecule has 0 fully saturated rings. The number of rotatable bonds is 62. The van der Waals surface area contributed by atoms with E-state index in [9.17, 15) is 14.4 Å². The molecule has 1 unspecified atom stereocenters. The SMILES string of the molecule is CC/C=C\C/C=C\C/C=C\C/C=C\CCCCCCC(=O)OCC(COC(=O)CCCCCCCCCCCCCCCCC/C=C\C/C=C\CCCCCCC)OC(=O)CCCCCCCC/C=C\C/C=C\C/C=C\CCCCC. The maximum absolute atomic E-state index is 12.9. The van der Waals surface area contributed by atoms with Gasteiger partial charge in [-0.05, 0) is 128 Å². The highest BCUT2D eigenvalue weighted by molar-refractivity contribution is 5.71. The molecule has 0 amide bonds. The normalized spacial score (nSPS) is 12.8. The predicted molar refractivity (Wildman–Crippen MR) is 353 cm³/mol. The van der Waals surface area contributed by atoms with Crippen molar-refractivity contribution in [2.45, 2.75) is 335 Å². The number of hydrogen-bond acceptors (Lipinski definition) is 6. The van der Waals surface area contributed by atoms with Crippen molar-refractivity contribution in [3.05, 3.63) is 109 Å². The summed E-state index contributed by atoms with van der Waals surface area (Å²) in [5, 5.41) is 0. The van der Waals surface area contributed by atoms with Crippen LogP contribution in [-0.4, -0.2) is 37.2 Å². The first kappa shape index (κ1) is 77.1. The molecule has 81 heavy (non-hydrogen) atoms. The first-order valence-corrected chi connectivity index (χ1v) is 34.4. The van der Waals surface area contributed by atoms with Crippen LogP contribution in [0.25, 0.3) is 0 Å². The van der Waals surface area contributed by atoms with Gasteiger partial charge in [-0.15, -0.1) is 0 Å². The first-order chi connectivity index (χ1) is 40.0. The summed E-state index contributed by atoms with van der Waals surface area (Å²) in [7, 11) is 0. The summed E-state index contributed by atoms with van der Waals surface area (Å²) in [4.78, 5) is 38.4. The van der Waals surface area contributed by atoms with Crippen molar-refractivity contribution < 1.29 is 28.6 Å². The van der Waals surface area contributed by atoms with Crippen molar-refractivity contribution in [1.29, 1.82) is 0 Å². The summed E-state index contributed by atoms with van der Waals surface area (Å²) in [5.74, 6) is -0.918. The molecule has 0 aliphatic heterocycles. The van der Waals surface area contributed by atoms with Crippen LogP contribution < -0.4 is 0 Å². The summed E-state index contributed by atoms with van der Waals surface area (Å²) < 4.78 is 16.9. The standard InChI is InChI=1S/C75H128O6/c1-4-7-10-13-16-19-22-25-28-31-33-34-35-36-37-38-39-40-42-44-47-50-53-56-59-62-65-68-74(77)80-71-72(70-79-73(76)67-64-61-58-55-52-49-46-43-30-27-24-21-18-15-12-9-6-3)81-75(78)69-66-63-60-57-54-51-48-45-41-32-29-26-23-20-17-14-11-8-5-2/h9,12,17-18,20-22,25-27,29-31,33,41,45-46,49,72H,4-8,10-11,13-16,19,23-24,28,32,34-40,42-44,47-48,50-71H2,1-3H3/b12-9-,20-17-,21-18-,25-22-,29-26-,30-27-,33-31-,45-41-,49-46-. The minimum Gasteiger partial charge on any atom is -0.462 e. The van der Waals surface area contributed by atoms with Gasteiger partial charge < -0.3 is 14.2 Å². The van der Waals surface area contributed by atoms with E-state index < -0.39 is 6.10 Å². The van der Waals surface area contributed by atoms with Gasteiger partial charge in [0.05, 0.1) is 0 Å². The van der Waals surface area contributed by atoms with E-state index in [-0.39, 0.29) is 31.1 Å². The lowest BCUT2D eigenvalue weighted by molar-refractivity contribution is -0.167. The van der Waals surface area contributed by atoms with Crippen LogP contribution in [0.5, 0.6) is 0 Å². The van der Waals surface area contributed by atoms with Crippen molar-refractivity contribution >= 4 is 17.9 Å². The van der Waals surface area contributed by atoms with Crippen molar-refractivity contribution in [3.63, 3.8) is 0 Å². The molecule has 0 aliphatic rings. The van der Waals surface area contributed by atoms with E-state index in [1.54, 1.807) is 0 Å². The van der Waals surface area contributed by atoms with E-state index >= 15 is 0 Å². The van der Waals surface area contributed by atoms with E-state index in [2.05, 4.69) is 130 Å². The Hall–Kier alpha value is -3.93. The molecule has 0 aliphatic carbocycles. The fourth-order valence-electron chi connectivity index (χ4n) is 9.59. The average molecular weight is 1130 g/mol. The molecule has 6 heteroatoms. The van der Waals surface area contributed by atoms with Gasteiger partial charge >= 0.3 is 17.9 Å². The molecule has 0 spiro atoms. The van der Waals surface area contributed by atoms with Crippen LogP contribution in [0.3, 0.4) is 0 Å². The second-order valence-corrected chi connectivity index (χ2v) is 22.7. The van der Waals surface area contributed by atoms with Crippen LogP contribution >= 0.6 is 0 Å². The summed E-state index contributed by atoms with van der Waals surface area (Å²) in [6, 6.07) is 0. The molecule has 0 aromatic carbocycles. The predicted octanol–water partition coefficient (Wildman–Crippen LogP) is 23.8. The third kappa shape index (κ3) is 66.8. The molecule has 0 radical (unpaired) electrons. The lowest BCUT2D eigenvalue weighted by Gasteiger charge is -2.18. The Morgan fingerprint density at radius 1 is 0.259 bits per heavy atom. The van der Waals surface area contributed by atoms with Crippen LogP contribution in [0.15, 0.2) is 109 Å². The zero-order valence-corrected chi connectivity index (χ0v) is 53.3. The number of unbranched alkanes of at least 4 members (excludes halogenated alkanes) is 33. The Bertz CT molecular complexity index is 1620. The highest BCUT2D eigenvalue weighted by atomic mass is 16.6. The molecule has 464 valence electrons. The molecule has 0 heterocycles. The topological polar surface area (TPSA) is 78.9 Å². The lowest BCUT2D eigenvalue weighted by atomic mass is 10.0. The van der Waals surface area contributed by atoms with Gasteiger partial charge in [-0.1, -0.05) is 291 Å². The van der Waals surface area contributed by atoms with Crippen molar-refractivity contribution in [2.24, 2.45) is 0 Å². The Labute approximate surface area is 501 Å². The number of carbonyl (C=O) groups is 3. The molecule has 0 saturated carbocycles. The second-order valence-electron chi connectivity index (χ2n) is 22.7. The van der Waals surface area contributed by atoms with Gasteiger partial charge in [0.25, 0.3) is 0 Å². The van der Waals surface area contributed by atoms with Gasteiger partial charge in [0.15, 0.2) is 6.10 Å². The lowest BCUT2D eigenvalue weighted by Crippen LogP contribution is -2.30. The molecule has 0 aromatic rings.